The maximum absolute atomic E-state index is 11.9. The molecule has 1 amide bonds. The van der Waals surface area contributed by atoms with Gasteiger partial charge < -0.3 is 15.4 Å². The number of piperidine rings is 1. The lowest BCUT2D eigenvalue weighted by atomic mass is 10.0. The van der Waals surface area contributed by atoms with Crippen LogP contribution in [0.25, 0.3) is 0 Å². The van der Waals surface area contributed by atoms with Crippen LogP contribution in [0.3, 0.4) is 0 Å². The molecule has 0 spiro atoms. The highest BCUT2D eigenvalue weighted by molar-refractivity contribution is 5.81. The summed E-state index contributed by atoms with van der Waals surface area (Å²) in [4.78, 5) is 11.9. The number of hydrogen-bond acceptors (Lipinski definition) is 3. The third kappa shape index (κ3) is 2.69. The van der Waals surface area contributed by atoms with Gasteiger partial charge in [-0.05, 0) is 31.7 Å². The van der Waals surface area contributed by atoms with Crippen molar-refractivity contribution in [3.8, 4) is 0 Å². The van der Waals surface area contributed by atoms with E-state index in [1.807, 2.05) is 0 Å². The van der Waals surface area contributed by atoms with Crippen molar-refractivity contribution in [2.24, 2.45) is 5.92 Å². The predicted molar refractivity (Wildman–Crippen MR) is 57.6 cm³/mol. The highest BCUT2D eigenvalue weighted by Gasteiger charge is 2.32. The van der Waals surface area contributed by atoms with Gasteiger partial charge in [-0.25, -0.2) is 0 Å². The molecule has 4 heteroatoms. The van der Waals surface area contributed by atoms with E-state index in [0.717, 1.165) is 39.0 Å². The van der Waals surface area contributed by atoms with Gasteiger partial charge in [-0.15, -0.1) is 0 Å². The second-order valence-electron chi connectivity index (χ2n) is 4.61. The van der Waals surface area contributed by atoms with E-state index in [9.17, 15) is 4.79 Å². The maximum Gasteiger partial charge on any atom is 0.249 e. The van der Waals surface area contributed by atoms with Crippen molar-refractivity contribution in [1.82, 2.24) is 10.6 Å². The van der Waals surface area contributed by atoms with E-state index in [1.54, 1.807) is 0 Å². The van der Waals surface area contributed by atoms with E-state index in [0.29, 0.717) is 12.0 Å². The number of hydrogen-bond donors (Lipinski definition) is 2. The molecule has 2 aliphatic rings. The Bertz CT molecular complexity index is 227. The third-order valence-electron chi connectivity index (χ3n) is 3.29. The van der Waals surface area contributed by atoms with Crippen LogP contribution in [0.5, 0.6) is 0 Å². The maximum atomic E-state index is 11.9. The zero-order valence-corrected chi connectivity index (χ0v) is 9.29. The number of rotatable bonds is 2. The summed E-state index contributed by atoms with van der Waals surface area (Å²) in [7, 11) is 0. The average Bonchev–Trinajstić information content (AvgIpc) is 2.66. The average molecular weight is 212 g/mol. The first-order valence-corrected chi connectivity index (χ1v) is 5.90. The van der Waals surface area contributed by atoms with Gasteiger partial charge in [0.25, 0.3) is 0 Å². The highest BCUT2D eigenvalue weighted by Crippen LogP contribution is 2.20. The summed E-state index contributed by atoms with van der Waals surface area (Å²) < 4.78 is 5.44. The van der Waals surface area contributed by atoms with E-state index in [2.05, 4.69) is 17.6 Å². The Balaban J connectivity index is 1.80. The fourth-order valence-corrected chi connectivity index (χ4v) is 2.29. The van der Waals surface area contributed by atoms with Crippen LogP contribution in [0.4, 0.5) is 0 Å². The van der Waals surface area contributed by atoms with Crippen LogP contribution in [0.2, 0.25) is 0 Å². The van der Waals surface area contributed by atoms with E-state index in [1.165, 1.54) is 0 Å². The van der Waals surface area contributed by atoms with Gasteiger partial charge in [-0.1, -0.05) is 6.92 Å². The molecule has 86 valence electrons. The van der Waals surface area contributed by atoms with Crippen molar-refractivity contribution in [2.75, 3.05) is 19.7 Å². The van der Waals surface area contributed by atoms with Gasteiger partial charge in [0.1, 0.15) is 6.10 Å². The summed E-state index contributed by atoms with van der Waals surface area (Å²) >= 11 is 0. The van der Waals surface area contributed by atoms with Gasteiger partial charge in [0.15, 0.2) is 0 Å². The van der Waals surface area contributed by atoms with Crippen LogP contribution in [-0.2, 0) is 9.53 Å². The second-order valence-corrected chi connectivity index (χ2v) is 4.61. The minimum Gasteiger partial charge on any atom is -0.368 e. The summed E-state index contributed by atoms with van der Waals surface area (Å²) in [5.41, 5.74) is 0. The molecule has 0 radical (unpaired) electrons. The van der Waals surface area contributed by atoms with Crippen molar-refractivity contribution in [2.45, 2.75) is 38.3 Å². The van der Waals surface area contributed by atoms with E-state index < -0.39 is 0 Å². The number of carbonyl (C=O) groups is 1. The Morgan fingerprint density at radius 1 is 1.47 bits per heavy atom. The van der Waals surface area contributed by atoms with Gasteiger partial charge in [-0.3, -0.25) is 4.79 Å². The molecule has 0 saturated carbocycles. The fraction of sp³-hybridized carbons (Fsp3) is 0.909. The Hall–Kier alpha value is -0.610. The smallest absolute Gasteiger partial charge is 0.249 e. The zero-order chi connectivity index (χ0) is 10.7. The summed E-state index contributed by atoms with van der Waals surface area (Å²) in [6.45, 7) is 4.77. The molecule has 0 aromatic heterocycles. The summed E-state index contributed by atoms with van der Waals surface area (Å²) in [6.07, 6.45) is 3.01. The second kappa shape index (κ2) is 4.94. The Morgan fingerprint density at radius 2 is 2.33 bits per heavy atom. The van der Waals surface area contributed by atoms with E-state index >= 15 is 0 Å². The largest absolute Gasteiger partial charge is 0.368 e. The molecule has 3 atom stereocenters. The molecule has 0 aromatic rings. The van der Waals surface area contributed by atoms with Crippen molar-refractivity contribution in [3.63, 3.8) is 0 Å². The van der Waals surface area contributed by atoms with Gasteiger partial charge in [0, 0.05) is 19.2 Å². The van der Waals surface area contributed by atoms with Crippen LogP contribution in [-0.4, -0.2) is 37.7 Å². The lowest BCUT2D eigenvalue weighted by Crippen LogP contribution is -2.49. The first kappa shape index (κ1) is 10.9. The number of amides is 1. The number of carbonyl (C=O) groups excluding carboxylic acids is 1. The first-order chi connectivity index (χ1) is 7.27. The quantitative estimate of drug-likeness (QED) is 0.691. The molecule has 2 fully saturated rings. The molecule has 2 unspecified atom stereocenters. The Kier molecular flexibility index (Phi) is 3.59. The minimum absolute atomic E-state index is 0.0775. The van der Waals surface area contributed by atoms with E-state index in [-0.39, 0.29) is 12.0 Å². The first-order valence-electron chi connectivity index (χ1n) is 5.90. The normalized spacial score (nSPS) is 36.5. The highest BCUT2D eigenvalue weighted by atomic mass is 16.5. The van der Waals surface area contributed by atoms with Gasteiger partial charge in [0.2, 0.25) is 5.91 Å². The van der Waals surface area contributed by atoms with Crippen molar-refractivity contribution in [1.29, 1.82) is 0 Å². The molecule has 15 heavy (non-hydrogen) atoms. The Labute approximate surface area is 90.8 Å². The van der Waals surface area contributed by atoms with Crippen LogP contribution >= 0.6 is 0 Å². The Morgan fingerprint density at radius 3 is 2.93 bits per heavy atom. The van der Waals surface area contributed by atoms with Gasteiger partial charge in [-0.2, -0.15) is 0 Å². The van der Waals surface area contributed by atoms with Crippen LogP contribution in [0, 0.1) is 5.92 Å². The van der Waals surface area contributed by atoms with Crippen molar-refractivity contribution >= 4 is 5.91 Å². The SMILES string of the molecule is CC1CCOC1C(=O)N[C@H]1CCCNC1. The molecular weight excluding hydrogens is 192 g/mol. The molecule has 4 nitrogen and oxygen atoms in total. The third-order valence-corrected chi connectivity index (χ3v) is 3.29. The molecule has 0 aromatic carbocycles. The summed E-state index contributed by atoms with van der Waals surface area (Å²) in [5, 5.41) is 6.35. The predicted octanol–water partition coefficient (Wildman–Crippen LogP) is 0.280. The topological polar surface area (TPSA) is 50.4 Å². The molecule has 2 saturated heterocycles. The van der Waals surface area contributed by atoms with Gasteiger partial charge in [0.05, 0.1) is 0 Å². The number of nitrogens with one attached hydrogen (secondary N) is 2. The standard InChI is InChI=1S/C11H20N2O2/c1-8-4-6-15-10(8)11(14)13-9-3-2-5-12-7-9/h8-10,12H,2-7H2,1H3,(H,13,14)/t8?,9-,10?/m0/s1. The zero-order valence-electron chi connectivity index (χ0n) is 9.29. The lowest BCUT2D eigenvalue weighted by Gasteiger charge is -2.25. The molecule has 0 aliphatic carbocycles. The summed E-state index contributed by atoms with van der Waals surface area (Å²) in [5.74, 6) is 0.440. The summed E-state index contributed by atoms with van der Waals surface area (Å²) in [6, 6.07) is 0.294. The molecule has 2 N–H and O–H groups in total. The minimum atomic E-state index is -0.216. The van der Waals surface area contributed by atoms with Crippen molar-refractivity contribution < 1.29 is 9.53 Å². The molecule has 2 rings (SSSR count). The van der Waals surface area contributed by atoms with Gasteiger partial charge >= 0.3 is 0 Å². The van der Waals surface area contributed by atoms with Crippen LogP contribution in [0.15, 0.2) is 0 Å². The molecule has 0 bridgehead atoms. The van der Waals surface area contributed by atoms with Crippen LogP contribution < -0.4 is 10.6 Å². The molecular formula is C11H20N2O2. The molecule has 2 heterocycles. The number of ether oxygens (including phenoxy) is 1. The monoisotopic (exact) mass is 212 g/mol. The lowest BCUT2D eigenvalue weighted by molar-refractivity contribution is -0.132. The van der Waals surface area contributed by atoms with E-state index in [4.69, 9.17) is 4.74 Å². The van der Waals surface area contributed by atoms with Crippen molar-refractivity contribution in [3.05, 3.63) is 0 Å². The van der Waals surface area contributed by atoms with Crippen LogP contribution in [0.1, 0.15) is 26.2 Å². The molecule has 2 aliphatic heterocycles. The fourth-order valence-electron chi connectivity index (χ4n) is 2.29.